The van der Waals surface area contributed by atoms with E-state index in [1.807, 2.05) is 18.7 Å². The van der Waals surface area contributed by atoms with Gasteiger partial charge in [-0.2, -0.15) is 5.10 Å². The van der Waals surface area contributed by atoms with Gasteiger partial charge < -0.3 is 0 Å². The van der Waals surface area contributed by atoms with E-state index < -0.39 is 0 Å². The lowest BCUT2D eigenvalue weighted by atomic mass is 10.3. The fraction of sp³-hybridized carbons (Fsp3) is 0.700. The summed E-state index contributed by atoms with van der Waals surface area (Å²) < 4.78 is 3.09. The first-order valence-corrected chi connectivity index (χ1v) is 6.97. The van der Waals surface area contributed by atoms with Gasteiger partial charge in [0.1, 0.15) is 0 Å². The van der Waals surface area contributed by atoms with Crippen LogP contribution in [0, 0.1) is 6.92 Å². The second-order valence-corrected chi connectivity index (χ2v) is 5.11. The van der Waals surface area contributed by atoms with Crippen molar-refractivity contribution in [3.8, 4) is 0 Å². The highest BCUT2D eigenvalue weighted by molar-refractivity contribution is 9.10. The molecular formula is C10H17Br2N3. The zero-order valence-corrected chi connectivity index (χ0v) is 12.6. The zero-order valence-electron chi connectivity index (χ0n) is 9.43. The molecule has 1 rings (SSSR count). The molecule has 1 heterocycles. The molecule has 0 spiro atoms. The Hall–Kier alpha value is 0.130. The average Bonchev–Trinajstić information content (AvgIpc) is 2.44. The van der Waals surface area contributed by atoms with Crippen molar-refractivity contribution < 1.29 is 0 Å². The molecule has 1 aromatic heterocycles. The molecule has 0 fully saturated rings. The number of alkyl halides is 1. The van der Waals surface area contributed by atoms with Crippen molar-refractivity contribution in [3.63, 3.8) is 0 Å². The Morgan fingerprint density at radius 3 is 2.53 bits per heavy atom. The molecule has 0 unspecified atom stereocenters. The van der Waals surface area contributed by atoms with Crippen LogP contribution < -0.4 is 0 Å². The van der Waals surface area contributed by atoms with E-state index >= 15 is 0 Å². The Kier molecular flexibility index (Phi) is 5.29. The van der Waals surface area contributed by atoms with Crippen molar-refractivity contribution in [2.75, 3.05) is 18.4 Å². The minimum atomic E-state index is 0.944. The summed E-state index contributed by atoms with van der Waals surface area (Å²) in [7, 11) is 2.00. The molecule has 1 aromatic rings. The third kappa shape index (κ3) is 3.29. The van der Waals surface area contributed by atoms with Crippen LogP contribution in [-0.4, -0.2) is 33.1 Å². The summed E-state index contributed by atoms with van der Waals surface area (Å²) in [6, 6.07) is 0. The minimum absolute atomic E-state index is 0.944. The lowest BCUT2D eigenvalue weighted by Crippen LogP contribution is -2.26. The summed E-state index contributed by atoms with van der Waals surface area (Å²) in [6.07, 6.45) is 0. The van der Waals surface area contributed by atoms with Gasteiger partial charge in [0.15, 0.2) is 0 Å². The Balaban J connectivity index is 2.78. The van der Waals surface area contributed by atoms with E-state index in [0.717, 1.165) is 35.1 Å². The molecule has 5 heteroatoms. The maximum atomic E-state index is 4.39. The van der Waals surface area contributed by atoms with Gasteiger partial charge in [0.05, 0.1) is 15.9 Å². The van der Waals surface area contributed by atoms with Crippen LogP contribution in [0.5, 0.6) is 0 Å². The predicted octanol–water partition coefficient (Wildman–Crippen LogP) is 2.71. The topological polar surface area (TPSA) is 21.1 Å². The molecule has 0 atom stereocenters. The fourth-order valence-corrected chi connectivity index (χ4v) is 2.50. The Morgan fingerprint density at radius 1 is 1.47 bits per heavy atom. The standard InChI is InChI=1S/C10H17Br2N3/c1-4-15(6-5-11)7-9-10(12)8(2)13-14(9)3/h4-7H2,1-3H3. The Morgan fingerprint density at radius 2 is 2.13 bits per heavy atom. The minimum Gasteiger partial charge on any atom is -0.297 e. The monoisotopic (exact) mass is 337 g/mol. The third-order valence-electron chi connectivity index (χ3n) is 2.48. The van der Waals surface area contributed by atoms with E-state index in [9.17, 15) is 0 Å². The number of nitrogens with zero attached hydrogens (tertiary/aromatic N) is 3. The normalized spacial score (nSPS) is 11.3. The van der Waals surface area contributed by atoms with Crippen molar-refractivity contribution >= 4 is 31.9 Å². The molecule has 0 bridgehead atoms. The van der Waals surface area contributed by atoms with Crippen LogP contribution in [0.2, 0.25) is 0 Å². The SMILES string of the molecule is CCN(CCBr)Cc1c(Br)c(C)nn1C. The molecule has 86 valence electrons. The number of halogens is 2. The molecule has 0 radical (unpaired) electrons. The summed E-state index contributed by atoms with van der Waals surface area (Å²) >= 11 is 7.06. The van der Waals surface area contributed by atoms with Gasteiger partial charge in [-0.25, -0.2) is 0 Å². The highest BCUT2D eigenvalue weighted by Gasteiger charge is 2.13. The lowest BCUT2D eigenvalue weighted by molar-refractivity contribution is 0.290. The maximum absolute atomic E-state index is 4.39. The van der Waals surface area contributed by atoms with Gasteiger partial charge in [-0.05, 0) is 29.4 Å². The average molecular weight is 339 g/mol. The predicted molar refractivity (Wildman–Crippen MR) is 70.4 cm³/mol. The van der Waals surface area contributed by atoms with Gasteiger partial charge in [0.2, 0.25) is 0 Å². The van der Waals surface area contributed by atoms with Crippen molar-refractivity contribution in [3.05, 3.63) is 15.9 Å². The van der Waals surface area contributed by atoms with Crippen LogP contribution in [0.4, 0.5) is 0 Å². The second kappa shape index (κ2) is 6.01. The molecule has 3 nitrogen and oxygen atoms in total. The van der Waals surface area contributed by atoms with Crippen molar-refractivity contribution in [2.24, 2.45) is 7.05 Å². The van der Waals surface area contributed by atoms with Crippen molar-refractivity contribution in [1.82, 2.24) is 14.7 Å². The van der Waals surface area contributed by atoms with Gasteiger partial charge >= 0.3 is 0 Å². The molecule has 0 aromatic carbocycles. The summed E-state index contributed by atoms with van der Waals surface area (Å²) in [4.78, 5) is 2.38. The van der Waals surface area contributed by atoms with Crippen LogP contribution >= 0.6 is 31.9 Å². The Labute approximate surface area is 108 Å². The molecule has 0 saturated carbocycles. The van der Waals surface area contributed by atoms with Crippen LogP contribution in [0.3, 0.4) is 0 Å². The van der Waals surface area contributed by atoms with Crippen molar-refractivity contribution in [1.29, 1.82) is 0 Å². The molecule has 0 aliphatic heterocycles. The van der Waals surface area contributed by atoms with Gasteiger partial charge in [0, 0.05) is 25.5 Å². The molecule has 0 N–H and O–H groups in total. The van der Waals surface area contributed by atoms with Crippen LogP contribution in [-0.2, 0) is 13.6 Å². The Bertz CT molecular complexity index is 323. The summed E-state index contributed by atoms with van der Waals surface area (Å²) in [5, 5.41) is 5.40. The second-order valence-electron chi connectivity index (χ2n) is 3.53. The quantitative estimate of drug-likeness (QED) is 0.770. The number of hydrogen-bond donors (Lipinski definition) is 0. The first-order valence-electron chi connectivity index (χ1n) is 5.06. The molecule has 0 amide bonds. The van der Waals surface area contributed by atoms with E-state index in [1.54, 1.807) is 0 Å². The summed E-state index contributed by atoms with van der Waals surface area (Å²) in [6.45, 7) is 7.27. The summed E-state index contributed by atoms with van der Waals surface area (Å²) in [5.41, 5.74) is 2.30. The van der Waals surface area contributed by atoms with E-state index in [0.29, 0.717) is 0 Å². The van der Waals surface area contributed by atoms with Gasteiger partial charge in [-0.15, -0.1) is 0 Å². The van der Waals surface area contributed by atoms with E-state index in [1.165, 1.54) is 5.69 Å². The maximum Gasteiger partial charge on any atom is 0.0739 e. The van der Waals surface area contributed by atoms with Gasteiger partial charge in [-0.3, -0.25) is 9.58 Å². The number of aromatic nitrogens is 2. The number of hydrogen-bond acceptors (Lipinski definition) is 2. The zero-order chi connectivity index (χ0) is 11.4. The van der Waals surface area contributed by atoms with E-state index in [4.69, 9.17) is 0 Å². The number of aryl methyl sites for hydroxylation is 2. The summed E-state index contributed by atoms with van der Waals surface area (Å²) in [5.74, 6) is 0. The fourth-order valence-electron chi connectivity index (χ4n) is 1.53. The molecule has 0 aliphatic carbocycles. The van der Waals surface area contributed by atoms with Gasteiger partial charge in [-0.1, -0.05) is 22.9 Å². The van der Waals surface area contributed by atoms with Crippen LogP contribution in [0.15, 0.2) is 4.47 Å². The highest BCUT2D eigenvalue weighted by atomic mass is 79.9. The molecular weight excluding hydrogens is 322 g/mol. The lowest BCUT2D eigenvalue weighted by Gasteiger charge is -2.19. The van der Waals surface area contributed by atoms with E-state index in [-0.39, 0.29) is 0 Å². The molecule has 0 aliphatic rings. The van der Waals surface area contributed by atoms with Crippen LogP contribution in [0.1, 0.15) is 18.3 Å². The molecule has 15 heavy (non-hydrogen) atoms. The molecule has 0 saturated heterocycles. The smallest absolute Gasteiger partial charge is 0.0739 e. The first-order chi connectivity index (χ1) is 7.10. The van der Waals surface area contributed by atoms with Crippen LogP contribution in [0.25, 0.3) is 0 Å². The highest BCUT2D eigenvalue weighted by Crippen LogP contribution is 2.21. The van der Waals surface area contributed by atoms with E-state index in [2.05, 4.69) is 48.8 Å². The van der Waals surface area contributed by atoms with Gasteiger partial charge in [0.25, 0.3) is 0 Å². The first kappa shape index (κ1) is 13.2. The van der Waals surface area contributed by atoms with Crippen molar-refractivity contribution in [2.45, 2.75) is 20.4 Å². The largest absolute Gasteiger partial charge is 0.297 e. The third-order valence-corrected chi connectivity index (χ3v) is 3.87. The number of rotatable bonds is 5.